The first-order valence-corrected chi connectivity index (χ1v) is 7.19. The number of carbonyl (C=O) groups excluding carboxylic acids is 1. The molecule has 0 bridgehead atoms. The van der Waals surface area contributed by atoms with Crippen molar-refractivity contribution in [1.29, 1.82) is 0 Å². The molecule has 0 aromatic heterocycles. The Morgan fingerprint density at radius 2 is 2.05 bits per heavy atom. The maximum absolute atomic E-state index is 12.8. The smallest absolute Gasteiger partial charge is 0.170 e. The molecule has 0 heterocycles. The molecule has 3 heteroatoms. The predicted octanol–water partition coefficient (Wildman–Crippen LogP) is 3.18. The summed E-state index contributed by atoms with van der Waals surface area (Å²) in [4.78, 5) is 12.8. The molecule has 0 unspecified atom stereocenters. The third kappa shape index (κ3) is 2.98. The van der Waals surface area contributed by atoms with E-state index in [9.17, 15) is 4.79 Å². The van der Waals surface area contributed by atoms with Gasteiger partial charge in [0.15, 0.2) is 5.78 Å². The molecule has 0 radical (unpaired) electrons. The Hall–Kier alpha value is -1.35. The third-order valence-electron chi connectivity index (χ3n) is 4.09. The van der Waals surface area contributed by atoms with Crippen molar-refractivity contribution in [3.05, 3.63) is 29.8 Å². The minimum Gasteiger partial charge on any atom is -0.494 e. The quantitative estimate of drug-likeness (QED) is 0.828. The van der Waals surface area contributed by atoms with Crippen molar-refractivity contribution in [2.75, 3.05) is 13.2 Å². The van der Waals surface area contributed by atoms with Crippen molar-refractivity contribution < 1.29 is 9.53 Å². The summed E-state index contributed by atoms with van der Waals surface area (Å²) in [6, 6.07) is 7.48. The van der Waals surface area contributed by atoms with Crippen LogP contribution in [0.4, 0.5) is 0 Å². The lowest BCUT2D eigenvalue weighted by Gasteiger charge is -2.34. The molecule has 0 amide bonds. The van der Waals surface area contributed by atoms with Crippen LogP contribution in [0.5, 0.6) is 5.75 Å². The summed E-state index contributed by atoms with van der Waals surface area (Å²) in [5.74, 6) is 0.951. The molecule has 1 aliphatic rings. The number of hydrogen-bond donors (Lipinski definition) is 1. The van der Waals surface area contributed by atoms with Gasteiger partial charge in [-0.3, -0.25) is 4.79 Å². The zero-order chi connectivity index (χ0) is 13.7. The predicted molar refractivity (Wildman–Crippen MR) is 76.5 cm³/mol. The van der Waals surface area contributed by atoms with E-state index in [0.29, 0.717) is 13.2 Å². The summed E-state index contributed by atoms with van der Waals surface area (Å²) in [5, 5.41) is 0. The second-order valence-corrected chi connectivity index (χ2v) is 5.34. The van der Waals surface area contributed by atoms with Gasteiger partial charge in [0.1, 0.15) is 5.75 Å². The maximum atomic E-state index is 12.8. The van der Waals surface area contributed by atoms with Crippen LogP contribution in [0.2, 0.25) is 0 Å². The number of Topliss-reactive ketones (excluding diaryl/α,β-unsaturated/α-hetero) is 1. The summed E-state index contributed by atoms with van der Waals surface area (Å²) >= 11 is 0. The molecule has 104 valence electrons. The number of hydrogen-bond acceptors (Lipinski definition) is 3. The highest BCUT2D eigenvalue weighted by Crippen LogP contribution is 2.38. The van der Waals surface area contributed by atoms with Crippen molar-refractivity contribution in [2.45, 2.75) is 39.0 Å². The molecule has 1 aliphatic carbocycles. The monoisotopic (exact) mass is 261 g/mol. The lowest BCUT2D eigenvalue weighted by atomic mass is 9.69. The number of ether oxygens (including phenoxy) is 1. The maximum Gasteiger partial charge on any atom is 0.170 e. The van der Waals surface area contributed by atoms with Gasteiger partial charge in [0, 0.05) is 17.5 Å². The highest BCUT2D eigenvalue weighted by atomic mass is 16.5. The molecular formula is C16H23NO2. The third-order valence-corrected chi connectivity index (χ3v) is 4.09. The number of ketones is 1. The zero-order valence-electron chi connectivity index (χ0n) is 11.7. The average molecular weight is 261 g/mol. The summed E-state index contributed by atoms with van der Waals surface area (Å²) in [7, 11) is 0. The molecule has 2 rings (SSSR count). The molecule has 19 heavy (non-hydrogen) atoms. The fourth-order valence-electron chi connectivity index (χ4n) is 2.95. The van der Waals surface area contributed by atoms with Crippen LogP contribution < -0.4 is 10.5 Å². The largest absolute Gasteiger partial charge is 0.494 e. The van der Waals surface area contributed by atoms with E-state index in [-0.39, 0.29) is 11.2 Å². The van der Waals surface area contributed by atoms with Crippen LogP contribution in [0.25, 0.3) is 0 Å². The van der Waals surface area contributed by atoms with Crippen molar-refractivity contribution in [3.63, 3.8) is 0 Å². The van der Waals surface area contributed by atoms with Crippen LogP contribution in [0.1, 0.15) is 49.4 Å². The van der Waals surface area contributed by atoms with Crippen LogP contribution in [0, 0.1) is 5.41 Å². The summed E-state index contributed by atoms with van der Waals surface area (Å²) in [6.07, 6.45) is 5.26. The second-order valence-electron chi connectivity index (χ2n) is 5.34. The fourth-order valence-corrected chi connectivity index (χ4v) is 2.95. The van der Waals surface area contributed by atoms with Crippen molar-refractivity contribution >= 4 is 5.78 Å². The van der Waals surface area contributed by atoms with Crippen molar-refractivity contribution in [1.82, 2.24) is 0 Å². The molecular weight excluding hydrogens is 238 g/mol. The van der Waals surface area contributed by atoms with Crippen LogP contribution in [0.15, 0.2) is 24.3 Å². The van der Waals surface area contributed by atoms with E-state index < -0.39 is 0 Å². The average Bonchev–Trinajstić information content (AvgIpc) is 2.48. The Bertz CT molecular complexity index is 436. The number of benzene rings is 1. The molecule has 1 aromatic carbocycles. The molecule has 0 saturated heterocycles. The van der Waals surface area contributed by atoms with Gasteiger partial charge in [0.2, 0.25) is 0 Å². The fraction of sp³-hybridized carbons (Fsp3) is 0.562. The van der Waals surface area contributed by atoms with Gasteiger partial charge in [0.25, 0.3) is 0 Å². The molecule has 2 N–H and O–H groups in total. The standard InChI is InChI=1S/C16H23NO2/c1-2-19-14-8-6-7-13(11-14)15(18)16(12-17)9-4-3-5-10-16/h6-8,11H,2-5,9-10,12,17H2,1H3. The Labute approximate surface area is 115 Å². The minimum absolute atomic E-state index is 0.191. The number of rotatable bonds is 5. The molecule has 0 atom stereocenters. The van der Waals surface area contributed by atoms with Crippen LogP contribution in [-0.4, -0.2) is 18.9 Å². The summed E-state index contributed by atoms with van der Waals surface area (Å²) in [5.41, 5.74) is 6.31. The van der Waals surface area contributed by atoms with E-state index in [1.54, 1.807) is 0 Å². The van der Waals surface area contributed by atoms with Gasteiger partial charge in [-0.05, 0) is 31.9 Å². The molecule has 1 fully saturated rings. The van der Waals surface area contributed by atoms with E-state index in [2.05, 4.69) is 0 Å². The summed E-state index contributed by atoms with van der Waals surface area (Å²) in [6.45, 7) is 3.00. The second kappa shape index (κ2) is 6.20. The minimum atomic E-state index is -0.344. The molecule has 1 aromatic rings. The Morgan fingerprint density at radius 1 is 1.32 bits per heavy atom. The normalized spacial score (nSPS) is 18.0. The summed E-state index contributed by atoms with van der Waals surface area (Å²) < 4.78 is 5.47. The molecule has 3 nitrogen and oxygen atoms in total. The van der Waals surface area contributed by atoms with Crippen LogP contribution >= 0.6 is 0 Å². The van der Waals surface area contributed by atoms with E-state index in [1.807, 2.05) is 31.2 Å². The van der Waals surface area contributed by atoms with Gasteiger partial charge in [-0.2, -0.15) is 0 Å². The Kier molecular flexibility index (Phi) is 4.59. The zero-order valence-corrected chi connectivity index (χ0v) is 11.7. The van der Waals surface area contributed by atoms with E-state index >= 15 is 0 Å². The van der Waals surface area contributed by atoms with Crippen molar-refractivity contribution in [2.24, 2.45) is 11.1 Å². The van der Waals surface area contributed by atoms with Crippen molar-refractivity contribution in [3.8, 4) is 5.75 Å². The molecule has 0 aliphatic heterocycles. The number of carbonyl (C=O) groups is 1. The van der Waals surface area contributed by atoms with Gasteiger partial charge >= 0.3 is 0 Å². The van der Waals surface area contributed by atoms with E-state index in [0.717, 1.165) is 37.0 Å². The number of nitrogens with two attached hydrogens (primary N) is 1. The highest BCUT2D eigenvalue weighted by Gasteiger charge is 2.38. The lowest BCUT2D eigenvalue weighted by molar-refractivity contribution is 0.0729. The van der Waals surface area contributed by atoms with Crippen LogP contribution in [0.3, 0.4) is 0 Å². The van der Waals surface area contributed by atoms with E-state index in [4.69, 9.17) is 10.5 Å². The van der Waals surface area contributed by atoms with Gasteiger partial charge < -0.3 is 10.5 Å². The Morgan fingerprint density at radius 3 is 2.68 bits per heavy atom. The molecule has 0 spiro atoms. The first-order chi connectivity index (χ1) is 9.22. The molecule has 1 saturated carbocycles. The van der Waals surface area contributed by atoms with Gasteiger partial charge in [-0.1, -0.05) is 31.4 Å². The topological polar surface area (TPSA) is 52.3 Å². The highest BCUT2D eigenvalue weighted by molar-refractivity contribution is 6.01. The Balaban J connectivity index is 2.24. The van der Waals surface area contributed by atoms with Gasteiger partial charge in [-0.15, -0.1) is 0 Å². The van der Waals surface area contributed by atoms with Crippen LogP contribution in [-0.2, 0) is 0 Å². The SMILES string of the molecule is CCOc1cccc(C(=O)C2(CN)CCCCC2)c1. The van der Waals surface area contributed by atoms with E-state index in [1.165, 1.54) is 6.42 Å². The van der Waals surface area contributed by atoms with Gasteiger partial charge in [0.05, 0.1) is 6.61 Å². The van der Waals surface area contributed by atoms with Gasteiger partial charge in [-0.25, -0.2) is 0 Å². The first kappa shape index (κ1) is 14.1. The lowest BCUT2D eigenvalue weighted by Crippen LogP contribution is -2.40. The first-order valence-electron chi connectivity index (χ1n) is 7.19.